The van der Waals surface area contributed by atoms with Crippen molar-refractivity contribution in [2.45, 2.75) is 25.8 Å². The largest absolute Gasteiger partial charge is 0.331 e. The second-order valence-corrected chi connectivity index (χ2v) is 8.46. The van der Waals surface area contributed by atoms with Crippen LogP contribution in [0.2, 0.25) is 0 Å². The van der Waals surface area contributed by atoms with E-state index in [2.05, 4.69) is 11.5 Å². The molecule has 0 bridgehead atoms. The van der Waals surface area contributed by atoms with E-state index in [-0.39, 0.29) is 24.3 Å². The molecule has 33 heavy (non-hydrogen) atoms. The molecule has 0 N–H and O–H groups in total. The fourth-order valence-electron chi connectivity index (χ4n) is 4.34. The lowest BCUT2D eigenvalue weighted by atomic mass is 9.97. The van der Waals surface area contributed by atoms with Gasteiger partial charge in [0.1, 0.15) is 18.4 Å². The van der Waals surface area contributed by atoms with Gasteiger partial charge in [-0.2, -0.15) is 0 Å². The number of carbonyl (C=O) groups excluding carboxylic acids is 2. The smallest absolute Gasteiger partial charge is 0.319 e. The number of para-hydroxylation sites is 2. The molecule has 0 spiro atoms. The molecule has 1 aliphatic rings. The van der Waals surface area contributed by atoms with Gasteiger partial charge in [0.15, 0.2) is 0 Å². The van der Waals surface area contributed by atoms with Crippen LogP contribution in [0.15, 0.2) is 66.9 Å². The number of carbonyl (C=O) groups is 2. The van der Waals surface area contributed by atoms with Gasteiger partial charge in [-0.25, -0.2) is 9.18 Å². The third-order valence-electron chi connectivity index (χ3n) is 5.93. The van der Waals surface area contributed by atoms with Crippen molar-refractivity contribution >= 4 is 17.6 Å². The summed E-state index contributed by atoms with van der Waals surface area (Å²) < 4.78 is 15.8. The van der Waals surface area contributed by atoms with Gasteiger partial charge in [0, 0.05) is 26.8 Å². The summed E-state index contributed by atoms with van der Waals surface area (Å²) in [6.45, 7) is 2.52. The molecule has 3 aromatic rings. The Morgan fingerprint density at radius 3 is 2.33 bits per heavy atom. The summed E-state index contributed by atoms with van der Waals surface area (Å²) in [6.07, 6.45) is 3.70. The summed E-state index contributed by atoms with van der Waals surface area (Å²) in [5.74, 6) is -0.513. The molecule has 0 radical (unpaired) electrons. The van der Waals surface area contributed by atoms with Gasteiger partial charge in [-0.3, -0.25) is 9.69 Å². The molecule has 2 heterocycles. The first-order valence-electron chi connectivity index (χ1n) is 11.2. The lowest BCUT2D eigenvalue weighted by molar-refractivity contribution is -0.119. The topological polar surface area (TPSA) is 48.8 Å². The highest BCUT2D eigenvalue weighted by molar-refractivity contribution is 6.00. The van der Waals surface area contributed by atoms with Crippen molar-refractivity contribution in [1.82, 2.24) is 14.4 Å². The monoisotopic (exact) mass is 448 g/mol. The maximum atomic E-state index is 13.9. The Labute approximate surface area is 193 Å². The summed E-state index contributed by atoms with van der Waals surface area (Å²) in [5.41, 5.74) is 3.36. The highest BCUT2D eigenvalue weighted by Crippen LogP contribution is 2.42. The van der Waals surface area contributed by atoms with Gasteiger partial charge in [0.2, 0.25) is 5.91 Å². The maximum Gasteiger partial charge on any atom is 0.319 e. The van der Waals surface area contributed by atoms with Crippen LogP contribution in [0.5, 0.6) is 0 Å². The van der Waals surface area contributed by atoms with Gasteiger partial charge < -0.3 is 14.4 Å². The number of hydrogen-bond acceptors (Lipinski definition) is 2. The van der Waals surface area contributed by atoms with Crippen molar-refractivity contribution in [3.63, 3.8) is 0 Å². The van der Waals surface area contributed by atoms with Crippen LogP contribution in [0.4, 0.5) is 14.9 Å². The molecule has 0 aliphatic carbocycles. The van der Waals surface area contributed by atoms with E-state index in [1.54, 1.807) is 36.0 Å². The van der Waals surface area contributed by atoms with Crippen LogP contribution >= 0.6 is 0 Å². The van der Waals surface area contributed by atoms with Crippen LogP contribution in [-0.4, -0.2) is 53.5 Å². The Morgan fingerprint density at radius 1 is 0.970 bits per heavy atom. The van der Waals surface area contributed by atoms with Crippen LogP contribution in [0.25, 0.3) is 5.69 Å². The molecule has 1 unspecified atom stereocenters. The number of unbranched alkanes of at least 4 members (excludes halogenated alkanes) is 1. The Balaban J connectivity index is 1.78. The normalized spacial score (nSPS) is 14.4. The first-order valence-corrected chi connectivity index (χ1v) is 11.2. The number of aromatic nitrogens is 1. The zero-order chi connectivity index (χ0) is 23.5. The highest BCUT2D eigenvalue weighted by atomic mass is 19.1. The van der Waals surface area contributed by atoms with Gasteiger partial charge in [-0.05, 0) is 48.4 Å². The van der Waals surface area contributed by atoms with Crippen molar-refractivity contribution in [3.8, 4) is 5.69 Å². The summed E-state index contributed by atoms with van der Waals surface area (Å²) in [7, 11) is 3.38. The number of urea groups is 1. The molecule has 0 saturated heterocycles. The summed E-state index contributed by atoms with van der Waals surface area (Å²) in [4.78, 5) is 31.5. The lowest BCUT2D eigenvalue weighted by Crippen LogP contribution is -2.49. The summed E-state index contributed by atoms with van der Waals surface area (Å²) >= 11 is 0. The van der Waals surface area contributed by atoms with E-state index >= 15 is 0 Å². The molecule has 3 amide bonds. The zero-order valence-corrected chi connectivity index (χ0v) is 19.2. The first kappa shape index (κ1) is 22.6. The molecule has 6 nitrogen and oxygen atoms in total. The second-order valence-electron chi connectivity index (χ2n) is 8.46. The van der Waals surface area contributed by atoms with E-state index in [4.69, 9.17) is 0 Å². The fraction of sp³-hybridized carbons (Fsp3) is 0.308. The molecule has 0 fully saturated rings. The predicted molar refractivity (Wildman–Crippen MR) is 127 cm³/mol. The number of hydrogen-bond donors (Lipinski definition) is 0. The maximum absolute atomic E-state index is 13.9. The third kappa shape index (κ3) is 4.35. The second kappa shape index (κ2) is 9.48. The van der Waals surface area contributed by atoms with E-state index in [0.717, 1.165) is 35.5 Å². The number of amides is 3. The number of rotatable bonds is 6. The standard InChI is InChI=1S/C26H29FN4O2/c1-4-5-16-29(26(33)28(2)3)18-24(32)31-22-10-7-6-9-21(22)30-17-8-11-23(30)25(31)19-12-14-20(27)15-13-19/h6-15,17,25H,4-5,16,18H2,1-3H3. The van der Waals surface area contributed by atoms with Crippen molar-refractivity contribution in [3.05, 3.63) is 83.9 Å². The minimum absolute atomic E-state index is 0.0379. The molecule has 1 aromatic heterocycles. The molecule has 172 valence electrons. The molecule has 0 saturated carbocycles. The highest BCUT2D eigenvalue weighted by Gasteiger charge is 2.37. The van der Waals surface area contributed by atoms with Gasteiger partial charge in [-0.15, -0.1) is 0 Å². The van der Waals surface area contributed by atoms with Crippen LogP contribution < -0.4 is 4.90 Å². The Bertz CT molecular complexity index is 1140. The molecular weight excluding hydrogens is 419 g/mol. The van der Waals surface area contributed by atoms with E-state index in [1.165, 1.54) is 17.0 Å². The van der Waals surface area contributed by atoms with Gasteiger partial charge in [0.05, 0.1) is 17.1 Å². The number of benzene rings is 2. The van der Waals surface area contributed by atoms with Gasteiger partial charge >= 0.3 is 6.03 Å². The number of fused-ring (bicyclic) bond motifs is 3. The molecule has 1 aliphatic heterocycles. The fourth-order valence-corrected chi connectivity index (χ4v) is 4.34. The lowest BCUT2D eigenvalue weighted by Gasteiger charge is -2.39. The predicted octanol–water partition coefficient (Wildman–Crippen LogP) is 4.84. The molecule has 4 rings (SSSR count). The van der Waals surface area contributed by atoms with Crippen LogP contribution in [-0.2, 0) is 4.79 Å². The third-order valence-corrected chi connectivity index (χ3v) is 5.93. The van der Waals surface area contributed by atoms with Crippen molar-refractivity contribution in [2.75, 3.05) is 32.1 Å². The quantitative estimate of drug-likeness (QED) is 0.542. The van der Waals surface area contributed by atoms with Gasteiger partial charge in [-0.1, -0.05) is 37.6 Å². The molecular formula is C26H29FN4O2. The van der Waals surface area contributed by atoms with Crippen molar-refractivity contribution in [1.29, 1.82) is 0 Å². The SMILES string of the molecule is CCCCN(CC(=O)N1c2ccccc2-n2cccc2C1c1ccc(F)cc1)C(=O)N(C)C. The van der Waals surface area contributed by atoms with E-state index in [1.807, 2.05) is 42.6 Å². The Kier molecular flexibility index (Phi) is 6.49. The average molecular weight is 449 g/mol. The van der Waals surface area contributed by atoms with E-state index < -0.39 is 6.04 Å². The summed E-state index contributed by atoms with van der Waals surface area (Å²) in [6, 6.07) is 17.3. The van der Waals surface area contributed by atoms with E-state index in [0.29, 0.717) is 6.54 Å². The number of nitrogens with zero attached hydrogens (tertiary/aromatic N) is 4. The Morgan fingerprint density at radius 2 is 1.67 bits per heavy atom. The minimum Gasteiger partial charge on any atom is -0.331 e. The van der Waals surface area contributed by atoms with E-state index in [9.17, 15) is 14.0 Å². The van der Waals surface area contributed by atoms with Crippen LogP contribution in [0, 0.1) is 5.82 Å². The average Bonchev–Trinajstić information content (AvgIpc) is 3.31. The zero-order valence-electron chi connectivity index (χ0n) is 19.2. The molecule has 1 atom stereocenters. The molecule has 2 aromatic carbocycles. The van der Waals surface area contributed by atoms with Crippen molar-refractivity contribution in [2.24, 2.45) is 0 Å². The Hall–Kier alpha value is -3.61. The van der Waals surface area contributed by atoms with Crippen LogP contribution in [0.3, 0.4) is 0 Å². The number of anilines is 1. The first-order chi connectivity index (χ1) is 15.9. The van der Waals surface area contributed by atoms with Gasteiger partial charge in [0.25, 0.3) is 0 Å². The summed E-state index contributed by atoms with van der Waals surface area (Å²) in [5, 5.41) is 0. The van der Waals surface area contributed by atoms with Crippen LogP contribution in [0.1, 0.15) is 37.1 Å². The van der Waals surface area contributed by atoms with Crippen molar-refractivity contribution < 1.29 is 14.0 Å². The minimum atomic E-state index is -0.439. The number of halogens is 1. The molecule has 7 heteroatoms.